The summed E-state index contributed by atoms with van der Waals surface area (Å²) in [7, 11) is 1.55. The van der Waals surface area contributed by atoms with Crippen LogP contribution in [-0.4, -0.2) is 83.9 Å². The van der Waals surface area contributed by atoms with Gasteiger partial charge in [-0.2, -0.15) is 5.26 Å². The van der Waals surface area contributed by atoms with E-state index in [4.69, 9.17) is 28.0 Å². The molecule has 62 heavy (non-hydrogen) atoms. The molecule has 0 saturated carbocycles. The summed E-state index contributed by atoms with van der Waals surface area (Å²) in [5.41, 5.74) is 0.429. The van der Waals surface area contributed by atoms with Gasteiger partial charge in [0.2, 0.25) is 0 Å². The zero-order valence-corrected chi connectivity index (χ0v) is 37.5. The summed E-state index contributed by atoms with van der Waals surface area (Å²) in [6.45, 7) is 11.3. The fourth-order valence-electron chi connectivity index (χ4n) is 7.96. The number of nitrogens with one attached hydrogen (secondary N) is 1. The number of morpholine rings is 1. The lowest BCUT2D eigenvalue weighted by molar-refractivity contribution is -0.229. The lowest BCUT2D eigenvalue weighted by Crippen LogP contribution is -2.60. The van der Waals surface area contributed by atoms with Crippen LogP contribution in [0.2, 0.25) is 0 Å². The quantitative estimate of drug-likeness (QED) is 0.0464. The molecule has 0 bridgehead atoms. The van der Waals surface area contributed by atoms with E-state index in [0.29, 0.717) is 36.7 Å². The minimum Gasteiger partial charge on any atom is -0.497 e. The van der Waals surface area contributed by atoms with Gasteiger partial charge in [0, 0.05) is 43.5 Å². The summed E-state index contributed by atoms with van der Waals surface area (Å²) in [4.78, 5) is 31.0. The predicted octanol–water partition coefficient (Wildman–Crippen LogP) is 7.93. The zero-order chi connectivity index (χ0) is 44.3. The van der Waals surface area contributed by atoms with Crippen LogP contribution in [0.25, 0.3) is 0 Å². The first-order valence-corrected chi connectivity index (χ1v) is 22.0. The Kier molecular flexibility index (Phi) is 15.9. The number of nitriles is 1. The van der Waals surface area contributed by atoms with Crippen LogP contribution in [0, 0.1) is 18.3 Å². The van der Waals surface area contributed by atoms with E-state index in [0.717, 1.165) is 22.3 Å². The van der Waals surface area contributed by atoms with Crippen molar-refractivity contribution >= 4 is 8.53 Å². The number of hydrogen-bond acceptors (Lipinski definition) is 11. The summed E-state index contributed by atoms with van der Waals surface area (Å²) in [5.74, 6) is 1.38. The Labute approximate surface area is 365 Å². The molecule has 0 aliphatic carbocycles. The molecule has 0 spiro atoms. The van der Waals surface area contributed by atoms with Crippen molar-refractivity contribution in [1.29, 1.82) is 5.26 Å². The Morgan fingerprint density at radius 1 is 0.839 bits per heavy atom. The molecule has 1 aromatic heterocycles. The summed E-state index contributed by atoms with van der Waals surface area (Å²) in [6, 6.07) is 38.0. The van der Waals surface area contributed by atoms with Crippen LogP contribution in [0.1, 0.15) is 68.2 Å². The third-order valence-corrected chi connectivity index (χ3v) is 12.9. The summed E-state index contributed by atoms with van der Waals surface area (Å²) in [6.07, 6.45) is 0.874. The smallest absolute Gasteiger partial charge is 0.330 e. The number of aryl methyl sites for hydroxylation is 1. The maximum Gasteiger partial charge on any atom is 0.330 e. The van der Waals surface area contributed by atoms with Crippen molar-refractivity contribution in [3.8, 4) is 17.6 Å². The van der Waals surface area contributed by atoms with Crippen molar-refractivity contribution in [3.63, 3.8) is 0 Å². The van der Waals surface area contributed by atoms with E-state index in [1.807, 2.05) is 97.1 Å². The van der Waals surface area contributed by atoms with Gasteiger partial charge in [0.05, 0.1) is 46.5 Å². The Morgan fingerprint density at radius 3 is 1.95 bits per heavy atom. The number of hydrogen-bond donors (Lipinski definition) is 1. The number of aromatic amines is 1. The third-order valence-electron chi connectivity index (χ3n) is 10.8. The van der Waals surface area contributed by atoms with Gasteiger partial charge in [-0.25, -0.2) is 9.46 Å². The van der Waals surface area contributed by atoms with Crippen LogP contribution in [-0.2, 0) is 30.7 Å². The molecule has 1 aliphatic rings. The van der Waals surface area contributed by atoms with Gasteiger partial charge in [0.15, 0.2) is 6.23 Å². The van der Waals surface area contributed by atoms with Gasteiger partial charge in [-0.1, -0.05) is 84.9 Å². The molecule has 1 saturated heterocycles. The lowest BCUT2D eigenvalue weighted by Gasteiger charge is -2.48. The van der Waals surface area contributed by atoms with Crippen LogP contribution in [0.15, 0.2) is 125 Å². The van der Waals surface area contributed by atoms with Crippen LogP contribution < -0.4 is 20.7 Å². The molecule has 0 radical (unpaired) electrons. The summed E-state index contributed by atoms with van der Waals surface area (Å²) in [5, 5.41) is 9.46. The van der Waals surface area contributed by atoms with E-state index < -0.39 is 37.2 Å². The normalized spacial score (nSPS) is 17.6. The van der Waals surface area contributed by atoms with Gasteiger partial charge in [0.25, 0.3) is 14.1 Å². The molecule has 3 atom stereocenters. The number of rotatable bonds is 20. The molecule has 1 unspecified atom stereocenters. The number of methoxy groups -OCH3 is 2. The topological polar surface area (TPSA) is 141 Å². The highest BCUT2D eigenvalue weighted by atomic mass is 31.2. The SMILES string of the molecule is COc1ccc(C(OC[C@]2(COP(OCCC#N)N(C(C)C)C(C)C)CN(Cc3ccccc3)C[C@H](n3cc(C)c(=O)[nH]c3=O)O2)(c2ccccc2)c2ccc(OC)cc2)cc1. The van der Waals surface area contributed by atoms with Gasteiger partial charge in [0.1, 0.15) is 22.7 Å². The van der Waals surface area contributed by atoms with Crippen molar-refractivity contribution in [2.24, 2.45) is 0 Å². The number of benzene rings is 4. The molecule has 13 nitrogen and oxygen atoms in total. The van der Waals surface area contributed by atoms with Crippen LogP contribution in [0.4, 0.5) is 0 Å². The number of H-pyrrole nitrogens is 1. The van der Waals surface area contributed by atoms with E-state index in [2.05, 4.69) is 60.5 Å². The first-order valence-electron chi connectivity index (χ1n) is 20.9. The molecule has 328 valence electrons. The van der Waals surface area contributed by atoms with E-state index >= 15 is 0 Å². The van der Waals surface area contributed by atoms with Crippen molar-refractivity contribution in [1.82, 2.24) is 19.1 Å². The van der Waals surface area contributed by atoms with Crippen LogP contribution >= 0.6 is 8.53 Å². The molecule has 1 fully saturated rings. The number of aromatic nitrogens is 2. The predicted molar refractivity (Wildman–Crippen MR) is 240 cm³/mol. The van der Waals surface area contributed by atoms with Crippen molar-refractivity contribution in [2.75, 3.05) is 47.1 Å². The number of nitrogens with zero attached hydrogens (tertiary/aromatic N) is 4. The van der Waals surface area contributed by atoms with Crippen LogP contribution in [0.5, 0.6) is 11.5 Å². The third kappa shape index (κ3) is 10.9. The second-order valence-corrected chi connectivity index (χ2v) is 17.5. The largest absolute Gasteiger partial charge is 0.497 e. The van der Waals surface area contributed by atoms with Gasteiger partial charge in [-0.05, 0) is 81.1 Å². The molecular formula is C48H58N5O8P. The maximum atomic E-state index is 13.7. The molecule has 1 aliphatic heterocycles. The standard InChI is InChI=1S/C48H58N5O8P/c1-35(2)53(36(3)4)62(59-28-14-27-49)60-34-47(32-51(30-38-15-10-8-11-16-38)31-44(61-47)52-29-37(5)45(54)50-46(52)55)33-58-48(39-17-12-9-13-18-39,40-19-23-42(56-6)24-20-40)41-21-25-43(57-7)26-22-41/h8-13,15-26,29,35-36,44H,14,28,30-34H2,1-7H3,(H,50,54,55)/t44-,47+,62?/m1/s1. The molecule has 4 aromatic carbocycles. The summed E-state index contributed by atoms with van der Waals surface area (Å²) < 4.78 is 43.0. The first-order chi connectivity index (χ1) is 29.9. The second kappa shape index (κ2) is 21.3. The number of ether oxygens (including phenoxy) is 4. The fourth-order valence-corrected chi connectivity index (χ4v) is 9.65. The van der Waals surface area contributed by atoms with Crippen molar-refractivity contribution < 1.29 is 28.0 Å². The molecule has 2 heterocycles. The minimum absolute atomic E-state index is 0.0177. The van der Waals surface area contributed by atoms with E-state index in [-0.39, 0.29) is 38.3 Å². The Balaban J connectivity index is 1.54. The average Bonchev–Trinajstić information content (AvgIpc) is 3.28. The van der Waals surface area contributed by atoms with E-state index in [1.165, 1.54) is 4.57 Å². The zero-order valence-electron chi connectivity index (χ0n) is 36.7. The Hall–Kier alpha value is -5.16. The molecule has 5 aromatic rings. The van der Waals surface area contributed by atoms with Gasteiger partial charge in [-0.15, -0.1) is 0 Å². The van der Waals surface area contributed by atoms with Crippen molar-refractivity contribution in [2.45, 2.75) is 77.1 Å². The Bertz CT molecular complexity index is 2280. The summed E-state index contributed by atoms with van der Waals surface area (Å²) >= 11 is 0. The van der Waals surface area contributed by atoms with Crippen molar-refractivity contribution in [3.05, 3.63) is 164 Å². The molecular weight excluding hydrogens is 806 g/mol. The van der Waals surface area contributed by atoms with Gasteiger partial charge < -0.3 is 28.0 Å². The maximum absolute atomic E-state index is 13.7. The molecule has 1 N–H and O–H groups in total. The first kappa shape index (κ1) is 46.3. The minimum atomic E-state index is -1.72. The molecule has 0 amide bonds. The highest BCUT2D eigenvalue weighted by molar-refractivity contribution is 7.44. The lowest BCUT2D eigenvalue weighted by atomic mass is 9.79. The average molecular weight is 864 g/mol. The van der Waals surface area contributed by atoms with Crippen LogP contribution in [0.3, 0.4) is 0 Å². The molecule has 6 rings (SSSR count). The monoisotopic (exact) mass is 863 g/mol. The van der Waals surface area contributed by atoms with Gasteiger partial charge in [-0.3, -0.25) is 19.2 Å². The molecule has 14 heteroatoms. The Morgan fingerprint density at radius 2 is 1.40 bits per heavy atom. The van der Waals surface area contributed by atoms with E-state index in [9.17, 15) is 14.9 Å². The second-order valence-electron chi connectivity index (χ2n) is 16.0. The fraction of sp³-hybridized carbons (Fsp3) is 0.396. The highest BCUT2D eigenvalue weighted by Crippen LogP contribution is 2.48. The van der Waals surface area contributed by atoms with Gasteiger partial charge >= 0.3 is 5.69 Å². The van der Waals surface area contributed by atoms with E-state index in [1.54, 1.807) is 27.3 Å². The highest BCUT2D eigenvalue weighted by Gasteiger charge is 2.48.